The Morgan fingerprint density at radius 2 is 2.26 bits per heavy atom. The van der Waals surface area contributed by atoms with Crippen LogP contribution in [0.25, 0.3) is 0 Å². The Kier molecular flexibility index (Phi) is 4.71. The fourth-order valence-electron chi connectivity index (χ4n) is 2.56. The number of furan rings is 1. The van der Waals surface area contributed by atoms with Crippen LogP contribution < -0.4 is 16.2 Å². The van der Waals surface area contributed by atoms with Crippen LogP contribution in [0.15, 0.2) is 47.1 Å². The number of hydrazine groups is 1. The van der Waals surface area contributed by atoms with Crippen molar-refractivity contribution in [2.45, 2.75) is 24.6 Å². The van der Waals surface area contributed by atoms with Crippen molar-refractivity contribution in [1.29, 1.82) is 0 Å². The lowest BCUT2D eigenvalue weighted by Crippen LogP contribution is -2.44. The fourth-order valence-corrected chi connectivity index (χ4v) is 2.56. The van der Waals surface area contributed by atoms with Crippen LogP contribution in [0.5, 0.6) is 0 Å². The Morgan fingerprint density at radius 1 is 1.39 bits per heavy atom. The molecule has 1 aromatic carbocycles. The van der Waals surface area contributed by atoms with Crippen LogP contribution in [-0.2, 0) is 4.79 Å². The van der Waals surface area contributed by atoms with Crippen molar-refractivity contribution in [3.63, 3.8) is 0 Å². The SMILES string of the molecule is O=C(NCC(O)c1cccc(F)c1)C1CC(c2ccco2)NN1. The van der Waals surface area contributed by atoms with Gasteiger partial charge < -0.3 is 14.8 Å². The van der Waals surface area contributed by atoms with Crippen LogP contribution >= 0.6 is 0 Å². The molecule has 2 aromatic rings. The van der Waals surface area contributed by atoms with E-state index in [0.717, 1.165) is 5.76 Å². The van der Waals surface area contributed by atoms with Crippen molar-refractivity contribution in [3.8, 4) is 0 Å². The zero-order valence-electron chi connectivity index (χ0n) is 12.3. The first-order valence-corrected chi connectivity index (χ1v) is 7.39. The average molecular weight is 319 g/mol. The highest BCUT2D eigenvalue weighted by Crippen LogP contribution is 2.22. The number of nitrogens with one attached hydrogen (secondary N) is 3. The summed E-state index contributed by atoms with van der Waals surface area (Å²) in [7, 11) is 0. The zero-order valence-corrected chi connectivity index (χ0v) is 12.3. The number of hydrogen-bond donors (Lipinski definition) is 4. The van der Waals surface area contributed by atoms with Crippen molar-refractivity contribution in [2.24, 2.45) is 0 Å². The highest BCUT2D eigenvalue weighted by molar-refractivity contribution is 5.82. The van der Waals surface area contributed by atoms with E-state index in [9.17, 15) is 14.3 Å². The number of benzene rings is 1. The lowest BCUT2D eigenvalue weighted by molar-refractivity contribution is -0.123. The van der Waals surface area contributed by atoms with Gasteiger partial charge in [0, 0.05) is 6.54 Å². The van der Waals surface area contributed by atoms with Crippen LogP contribution in [0.2, 0.25) is 0 Å². The van der Waals surface area contributed by atoms with E-state index in [1.165, 1.54) is 18.2 Å². The number of carbonyl (C=O) groups excluding carboxylic acids is 1. The summed E-state index contributed by atoms with van der Waals surface area (Å²) in [6.07, 6.45) is 1.17. The molecule has 1 aliphatic heterocycles. The molecule has 3 atom stereocenters. The highest BCUT2D eigenvalue weighted by Gasteiger charge is 2.31. The average Bonchev–Trinajstić information content (AvgIpc) is 3.22. The number of hydrogen-bond acceptors (Lipinski definition) is 5. The predicted molar refractivity (Wildman–Crippen MR) is 80.5 cm³/mol. The third-order valence-corrected chi connectivity index (χ3v) is 3.81. The van der Waals surface area contributed by atoms with Gasteiger partial charge in [-0.1, -0.05) is 12.1 Å². The van der Waals surface area contributed by atoms with Crippen molar-refractivity contribution in [1.82, 2.24) is 16.2 Å². The van der Waals surface area contributed by atoms with Gasteiger partial charge in [0.1, 0.15) is 17.6 Å². The molecule has 3 unspecified atom stereocenters. The van der Waals surface area contributed by atoms with Crippen molar-refractivity contribution in [3.05, 3.63) is 59.8 Å². The minimum atomic E-state index is -0.954. The van der Waals surface area contributed by atoms with E-state index in [0.29, 0.717) is 12.0 Å². The Morgan fingerprint density at radius 3 is 3.00 bits per heavy atom. The second-order valence-electron chi connectivity index (χ2n) is 5.46. The first-order valence-electron chi connectivity index (χ1n) is 7.39. The molecule has 7 heteroatoms. The fraction of sp³-hybridized carbons (Fsp3) is 0.312. The summed E-state index contributed by atoms with van der Waals surface area (Å²) in [6.45, 7) is 0.0197. The van der Waals surface area contributed by atoms with Crippen LogP contribution in [0.3, 0.4) is 0 Å². The molecular weight excluding hydrogens is 301 g/mol. The minimum absolute atomic E-state index is 0.0197. The van der Waals surface area contributed by atoms with Gasteiger partial charge in [0.15, 0.2) is 0 Å². The predicted octanol–water partition coefficient (Wildman–Crippen LogP) is 1.18. The normalized spacial score (nSPS) is 22.0. The lowest BCUT2D eigenvalue weighted by atomic mass is 10.1. The largest absolute Gasteiger partial charge is 0.468 e. The maximum absolute atomic E-state index is 13.1. The molecule has 122 valence electrons. The first-order chi connectivity index (χ1) is 11.1. The molecule has 6 nitrogen and oxygen atoms in total. The molecule has 1 fully saturated rings. The van der Waals surface area contributed by atoms with Crippen molar-refractivity contribution >= 4 is 5.91 Å². The van der Waals surface area contributed by atoms with Crippen molar-refractivity contribution < 1.29 is 18.7 Å². The number of rotatable bonds is 5. The van der Waals surface area contributed by atoms with Crippen LogP contribution in [0.1, 0.15) is 29.9 Å². The molecule has 2 heterocycles. The maximum Gasteiger partial charge on any atom is 0.238 e. The lowest BCUT2D eigenvalue weighted by Gasteiger charge is -2.14. The highest BCUT2D eigenvalue weighted by atomic mass is 19.1. The second kappa shape index (κ2) is 6.91. The second-order valence-corrected chi connectivity index (χ2v) is 5.46. The standard InChI is InChI=1S/C16H18FN3O3/c17-11-4-1-3-10(7-11)14(21)9-18-16(22)13-8-12(19-20-13)15-5-2-6-23-15/h1-7,12-14,19-21H,8-9H2,(H,18,22). The van der Waals surface area contributed by atoms with Gasteiger partial charge in [0.05, 0.1) is 18.4 Å². The Hall–Kier alpha value is -2.22. The summed E-state index contributed by atoms with van der Waals surface area (Å²) in [6, 6.07) is 8.82. The molecule has 1 aromatic heterocycles. The monoisotopic (exact) mass is 319 g/mol. The van der Waals surface area contributed by atoms with Crippen LogP contribution in [0, 0.1) is 5.82 Å². The van der Waals surface area contributed by atoms with E-state index in [1.54, 1.807) is 18.4 Å². The van der Waals surface area contributed by atoms with Crippen LogP contribution in [-0.4, -0.2) is 23.6 Å². The Labute approximate surface area is 132 Å². The first kappa shape index (κ1) is 15.7. The minimum Gasteiger partial charge on any atom is -0.468 e. The van der Waals surface area contributed by atoms with Gasteiger partial charge in [-0.25, -0.2) is 15.2 Å². The number of aliphatic hydroxyl groups is 1. The molecule has 4 N–H and O–H groups in total. The van der Waals surface area contributed by atoms with Crippen molar-refractivity contribution in [2.75, 3.05) is 6.54 Å². The van der Waals surface area contributed by atoms with Gasteiger partial charge >= 0.3 is 0 Å². The number of carbonyl (C=O) groups is 1. The molecule has 1 amide bonds. The molecule has 3 rings (SSSR count). The van der Waals surface area contributed by atoms with Crippen LogP contribution in [0.4, 0.5) is 4.39 Å². The molecule has 0 radical (unpaired) electrons. The van der Waals surface area contributed by atoms with E-state index >= 15 is 0 Å². The molecule has 0 saturated carbocycles. The topological polar surface area (TPSA) is 86.5 Å². The summed E-state index contributed by atoms with van der Waals surface area (Å²) in [4.78, 5) is 12.1. The summed E-state index contributed by atoms with van der Waals surface area (Å²) in [5.74, 6) is 0.102. The van der Waals surface area contributed by atoms with E-state index in [-0.39, 0.29) is 18.5 Å². The summed E-state index contributed by atoms with van der Waals surface area (Å²) >= 11 is 0. The third-order valence-electron chi connectivity index (χ3n) is 3.81. The number of amides is 1. The molecule has 1 saturated heterocycles. The summed E-state index contributed by atoms with van der Waals surface area (Å²) in [5, 5.41) is 12.7. The molecule has 23 heavy (non-hydrogen) atoms. The molecule has 0 aliphatic carbocycles. The van der Waals surface area contributed by atoms with Gasteiger partial charge in [-0.3, -0.25) is 4.79 Å². The van der Waals surface area contributed by atoms with Gasteiger partial charge in [-0.05, 0) is 36.2 Å². The van der Waals surface area contributed by atoms with Gasteiger partial charge in [0.25, 0.3) is 0 Å². The van der Waals surface area contributed by atoms with Gasteiger partial charge in [-0.15, -0.1) is 0 Å². The number of halogens is 1. The quantitative estimate of drug-likeness (QED) is 0.665. The Bertz CT molecular complexity index is 662. The summed E-state index contributed by atoms with van der Waals surface area (Å²) in [5.41, 5.74) is 6.33. The molecular formula is C16H18FN3O3. The maximum atomic E-state index is 13.1. The summed E-state index contributed by atoms with van der Waals surface area (Å²) < 4.78 is 18.4. The van der Waals surface area contributed by atoms with E-state index in [2.05, 4.69) is 16.2 Å². The zero-order chi connectivity index (χ0) is 16.2. The van der Waals surface area contributed by atoms with Gasteiger partial charge in [0.2, 0.25) is 5.91 Å². The Balaban J connectivity index is 1.50. The molecule has 0 bridgehead atoms. The van der Waals surface area contributed by atoms with Gasteiger partial charge in [-0.2, -0.15) is 0 Å². The van der Waals surface area contributed by atoms with E-state index in [1.807, 2.05) is 6.07 Å². The molecule has 1 aliphatic rings. The molecule has 0 spiro atoms. The van der Waals surface area contributed by atoms with E-state index < -0.39 is 18.0 Å². The number of aliphatic hydroxyl groups excluding tert-OH is 1. The van der Waals surface area contributed by atoms with E-state index in [4.69, 9.17) is 4.42 Å². The third kappa shape index (κ3) is 3.76. The smallest absolute Gasteiger partial charge is 0.238 e.